The summed E-state index contributed by atoms with van der Waals surface area (Å²) in [6, 6.07) is 1.27. The van der Waals surface area contributed by atoms with E-state index in [-0.39, 0.29) is 36.6 Å². The van der Waals surface area contributed by atoms with Crippen molar-refractivity contribution in [2.24, 2.45) is 0 Å². The van der Waals surface area contributed by atoms with Crippen LogP contribution in [0.2, 0.25) is 0 Å². The molecule has 2 aromatic heterocycles. The molecule has 0 bridgehead atoms. The molecule has 1 saturated heterocycles. The lowest BCUT2D eigenvalue weighted by Gasteiger charge is -2.11. The van der Waals surface area contributed by atoms with E-state index in [2.05, 4.69) is 31.0 Å². The number of nitrogens with zero attached hydrogens (tertiary/aromatic N) is 4. The highest BCUT2D eigenvalue weighted by molar-refractivity contribution is 5.76. The topological polar surface area (TPSA) is 106 Å². The van der Waals surface area contributed by atoms with Gasteiger partial charge in [-0.05, 0) is 13.3 Å². The van der Waals surface area contributed by atoms with Crippen molar-refractivity contribution >= 4 is 23.4 Å². The third-order valence-electron chi connectivity index (χ3n) is 5.00. The van der Waals surface area contributed by atoms with Gasteiger partial charge >= 0.3 is 0 Å². The Bertz CT molecular complexity index is 1130. The van der Waals surface area contributed by atoms with E-state index < -0.39 is 17.5 Å². The molecular weight excluding hydrogens is 439 g/mol. The van der Waals surface area contributed by atoms with E-state index >= 15 is 0 Å². The lowest BCUT2D eigenvalue weighted by Crippen LogP contribution is -2.37. The van der Waals surface area contributed by atoms with Crippen LogP contribution < -0.4 is 16.0 Å². The fourth-order valence-corrected chi connectivity index (χ4v) is 3.31. The molecule has 1 atom stereocenters. The maximum Gasteiger partial charge on any atom is 0.242 e. The van der Waals surface area contributed by atoms with E-state index in [1.54, 1.807) is 13.1 Å². The van der Waals surface area contributed by atoms with Crippen LogP contribution in [0.4, 0.5) is 30.6 Å². The maximum absolute atomic E-state index is 13.9. The third kappa shape index (κ3) is 5.77. The van der Waals surface area contributed by atoms with Gasteiger partial charge in [0.05, 0.1) is 24.5 Å². The summed E-state index contributed by atoms with van der Waals surface area (Å²) in [5.74, 6) is -2.55. The van der Waals surface area contributed by atoms with E-state index in [4.69, 9.17) is 4.74 Å². The molecule has 3 heterocycles. The first-order chi connectivity index (χ1) is 15.9. The van der Waals surface area contributed by atoms with E-state index in [9.17, 15) is 18.0 Å². The van der Waals surface area contributed by atoms with Gasteiger partial charge in [0.1, 0.15) is 29.8 Å². The Morgan fingerprint density at radius 3 is 2.76 bits per heavy atom. The van der Waals surface area contributed by atoms with Crippen LogP contribution in [0.1, 0.15) is 17.5 Å². The lowest BCUT2D eigenvalue weighted by atomic mass is 10.2. The monoisotopic (exact) mass is 461 g/mol. The molecule has 33 heavy (non-hydrogen) atoms. The number of aryl methyl sites for hydroxylation is 1. The van der Waals surface area contributed by atoms with Crippen molar-refractivity contribution in [3.63, 3.8) is 0 Å². The van der Waals surface area contributed by atoms with Gasteiger partial charge in [-0.2, -0.15) is 10.1 Å². The molecule has 0 aliphatic carbocycles. The minimum atomic E-state index is -0.984. The molecule has 3 aromatic rings. The number of carbonyl (C=O) groups is 1. The Balaban J connectivity index is 1.37. The van der Waals surface area contributed by atoms with E-state index in [1.807, 2.05) is 0 Å². The Kier molecular flexibility index (Phi) is 6.73. The summed E-state index contributed by atoms with van der Waals surface area (Å²) in [7, 11) is 0. The average Bonchev–Trinajstić information content (AvgIpc) is 3.41. The first-order valence-corrected chi connectivity index (χ1v) is 10.2. The lowest BCUT2D eigenvalue weighted by molar-refractivity contribution is -0.122. The first kappa shape index (κ1) is 22.5. The van der Waals surface area contributed by atoms with Crippen LogP contribution in [0, 0.1) is 24.4 Å². The SMILES string of the molecule is Cc1cnc(Nc2cnn(CC(=O)NC3CCOC3)c2)nc1NCc1c(F)cc(F)cc1F. The predicted molar refractivity (Wildman–Crippen MR) is 113 cm³/mol. The van der Waals surface area contributed by atoms with Gasteiger partial charge in [-0.15, -0.1) is 0 Å². The molecule has 1 aliphatic rings. The van der Waals surface area contributed by atoms with Crippen molar-refractivity contribution in [2.45, 2.75) is 32.5 Å². The standard InChI is InChI=1S/C21H22F3N7O2/c1-12-6-26-21(30-20(12)25-8-16-17(23)4-13(22)5-18(16)24)29-15-7-27-31(9-15)10-19(32)28-14-2-3-33-11-14/h4-7,9,14H,2-3,8,10-11H2,1H3,(H,28,32)(H2,25,26,29,30). The van der Waals surface area contributed by atoms with Crippen LogP contribution in [-0.4, -0.2) is 44.9 Å². The smallest absolute Gasteiger partial charge is 0.242 e. The number of ether oxygens (including phenoxy) is 1. The first-order valence-electron chi connectivity index (χ1n) is 10.2. The molecule has 1 amide bonds. The number of anilines is 3. The Labute approximate surface area is 187 Å². The highest BCUT2D eigenvalue weighted by atomic mass is 19.1. The van der Waals surface area contributed by atoms with Gasteiger partial charge in [-0.25, -0.2) is 18.2 Å². The largest absolute Gasteiger partial charge is 0.379 e. The molecule has 1 unspecified atom stereocenters. The van der Waals surface area contributed by atoms with Crippen molar-refractivity contribution in [2.75, 3.05) is 23.8 Å². The maximum atomic E-state index is 13.9. The second-order valence-electron chi connectivity index (χ2n) is 7.61. The van der Waals surface area contributed by atoms with Gasteiger partial charge in [0, 0.05) is 48.8 Å². The highest BCUT2D eigenvalue weighted by Gasteiger charge is 2.18. The minimum Gasteiger partial charge on any atom is -0.379 e. The number of amides is 1. The number of nitrogens with one attached hydrogen (secondary N) is 3. The number of aromatic nitrogens is 4. The Morgan fingerprint density at radius 1 is 1.24 bits per heavy atom. The summed E-state index contributed by atoms with van der Waals surface area (Å²) < 4.78 is 47.6. The molecule has 1 aromatic carbocycles. The number of hydrogen-bond acceptors (Lipinski definition) is 7. The summed E-state index contributed by atoms with van der Waals surface area (Å²) >= 11 is 0. The Morgan fingerprint density at radius 2 is 2.03 bits per heavy atom. The van der Waals surface area contributed by atoms with Gasteiger partial charge in [-0.3, -0.25) is 9.48 Å². The number of rotatable bonds is 8. The molecule has 0 saturated carbocycles. The van der Waals surface area contributed by atoms with Crippen LogP contribution in [0.15, 0.2) is 30.7 Å². The summed E-state index contributed by atoms with van der Waals surface area (Å²) in [6.07, 6.45) is 5.48. The van der Waals surface area contributed by atoms with Crippen molar-refractivity contribution in [1.82, 2.24) is 25.1 Å². The fraction of sp³-hybridized carbons (Fsp3) is 0.333. The molecule has 0 spiro atoms. The van der Waals surface area contributed by atoms with Crippen molar-refractivity contribution in [1.29, 1.82) is 0 Å². The van der Waals surface area contributed by atoms with Crippen molar-refractivity contribution < 1.29 is 22.7 Å². The van der Waals surface area contributed by atoms with Crippen LogP contribution in [-0.2, 0) is 22.6 Å². The van der Waals surface area contributed by atoms with E-state index in [1.165, 1.54) is 17.1 Å². The van der Waals surface area contributed by atoms with Gasteiger partial charge in [0.25, 0.3) is 0 Å². The van der Waals surface area contributed by atoms with Gasteiger partial charge in [-0.1, -0.05) is 0 Å². The molecule has 12 heteroatoms. The summed E-state index contributed by atoms with van der Waals surface area (Å²) in [4.78, 5) is 20.6. The normalized spacial score (nSPS) is 15.5. The fourth-order valence-electron chi connectivity index (χ4n) is 3.31. The van der Waals surface area contributed by atoms with Crippen LogP contribution >= 0.6 is 0 Å². The molecule has 9 nitrogen and oxygen atoms in total. The van der Waals surface area contributed by atoms with Gasteiger partial charge in [0.15, 0.2) is 0 Å². The van der Waals surface area contributed by atoms with Crippen LogP contribution in [0.25, 0.3) is 0 Å². The molecule has 1 aliphatic heterocycles. The molecule has 174 valence electrons. The Hall–Kier alpha value is -3.67. The second kappa shape index (κ2) is 9.86. The summed E-state index contributed by atoms with van der Waals surface area (Å²) in [5, 5.41) is 12.8. The number of carbonyl (C=O) groups excluding carboxylic acids is 1. The predicted octanol–water partition coefficient (Wildman–Crippen LogP) is 2.66. The van der Waals surface area contributed by atoms with Crippen molar-refractivity contribution in [3.05, 3.63) is 59.3 Å². The van der Waals surface area contributed by atoms with Gasteiger partial charge in [0.2, 0.25) is 11.9 Å². The number of halogens is 3. The zero-order valence-electron chi connectivity index (χ0n) is 17.7. The van der Waals surface area contributed by atoms with Crippen LogP contribution in [0.3, 0.4) is 0 Å². The zero-order valence-corrected chi connectivity index (χ0v) is 17.7. The highest BCUT2D eigenvalue weighted by Crippen LogP contribution is 2.20. The van der Waals surface area contributed by atoms with E-state index in [0.717, 1.165) is 6.42 Å². The molecule has 3 N–H and O–H groups in total. The zero-order chi connectivity index (χ0) is 23.4. The third-order valence-corrected chi connectivity index (χ3v) is 5.00. The average molecular weight is 461 g/mol. The number of hydrogen-bond donors (Lipinski definition) is 3. The van der Waals surface area contributed by atoms with Gasteiger partial charge < -0.3 is 20.7 Å². The minimum absolute atomic E-state index is 0.0226. The molecule has 0 radical (unpaired) electrons. The molecular formula is C21H22F3N7O2. The second-order valence-corrected chi connectivity index (χ2v) is 7.61. The summed E-state index contributed by atoms with van der Waals surface area (Å²) in [5.41, 5.74) is 0.900. The molecule has 1 fully saturated rings. The van der Waals surface area contributed by atoms with Crippen LogP contribution in [0.5, 0.6) is 0 Å². The van der Waals surface area contributed by atoms with Crippen molar-refractivity contribution in [3.8, 4) is 0 Å². The number of benzene rings is 1. The van der Waals surface area contributed by atoms with E-state index in [0.29, 0.717) is 42.4 Å². The molecule has 4 rings (SSSR count). The summed E-state index contributed by atoms with van der Waals surface area (Å²) in [6.45, 7) is 2.71. The quantitative estimate of drug-likeness (QED) is 0.474.